The molecule has 0 radical (unpaired) electrons. The van der Waals surface area contributed by atoms with E-state index in [2.05, 4.69) is 9.97 Å². The first-order valence-electron chi connectivity index (χ1n) is 5.68. The van der Waals surface area contributed by atoms with Crippen LogP contribution in [-0.4, -0.2) is 14.5 Å². The van der Waals surface area contributed by atoms with Crippen LogP contribution in [0, 0.1) is 6.92 Å². The SMILES string of the molecule is CCc1cnc(-n2c(C)nc3ccccc32)o1. The van der Waals surface area contributed by atoms with E-state index in [0.717, 1.165) is 29.0 Å². The van der Waals surface area contributed by atoms with Crippen molar-refractivity contribution in [2.45, 2.75) is 20.3 Å². The predicted octanol–water partition coefficient (Wildman–Crippen LogP) is 2.88. The lowest BCUT2D eigenvalue weighted by atomic mass is 10.3. The van der Waals surface area contributed by atoms with E-state index in [1.807, 2.05) is 42.7 Å². The number of para-hydroxylation sites is 2. The van der Waals surface area contributed by atoms with Crippen LogP contribution in [0.15, 0.2) is 34.9 Å². The van der Waals surface area contributed by atoms with Crippen molar-refractivity contribution in [1.29, 1.82) is 0 Å². The summed E-state index contributed by atoms with van der Waals surface area (Å²) in [5.41, 5.74) is 1.98. The third-order valence-corrected chi connectivity index (χ3v) is 2.81. The van der Waals surface area contributed by atoms with Gasteiger partial charge in [-0.3, -0.25) is 0 Å². The van der Waals surface area contributed by atoms with E-state index in [4.69, 9.17) is 4.42 Å². The van der Waals surface area contributed by atoms with Crippen LogP contribution < -0.4 is 0 Å². The third kappa shape index (κ3) is 1.53. The van der Waals surface area contributed by atoms with Crippen molar-refractivity contribution in [3.05, 3.63) is 42.0 Å². The molecule has 0 unspecified atom stereocenters. The van der Waals surface area contributed by atoms with Crippen molar-refractivity contribution in [3.63, 3.8) is 0 Å². The smallest absolute Gasteiger partial charge is 0.307 e. The highest BCUT2D eigenvalue weighted by Gasteiger charge is 2.12. The monoisotopic (exact) mass is 227 g/mol. The number of oxazole rings is 1. The average molecular weight is 227 g/mol. The van der Waals surface area contributed by atoms with Gasteiger partial charge in [-0.25, -0.2) is 14.5 Å². The molecule has 0 N–H and O–H groups in total. The molecular weight excluding hydrogens is 214 g/mol. The first-order valence-corrected chi connectivity index (χ1v) is 5.68. The summed E-state index contributed by atoms with van der Waals surface area (Å²) in [7, 11) is 0. The number of benzene rings is 1. The molecule has 0 aliphatic carbocycles. The summed E-state index contributed by atoms with van der Waals surface area (Å²) < 4.78 is 7.62. The molecule has 0 aliphatic heterocycles. The van der Waals surface area contributed by atoms with Gasteiger partial charge in [-0.15, -0.1) is 0 Å². The summed E-state index contributed by atoms with van der Waals surface area (Å²) in [5, 5.41) is 0. The number of hydrogen-bond donors (Lipinski definition) is 0. The summed E-state index contributed by atoms with van der Waals surface area (Å²) in [6.07, 6.45) is 2.61. The fraction of sp³-hybridized carbons (Fsp3) is 0.231. The maximum Gasteiger partial charge on any atom is 0.307 e. The first-order chi connectivity index (χ1) is 8.29. The predicted molar refractivity (Wildman–Crippen MR) is 65.2 cm³/mol. The van der Waals surface area contributed by atoms with E-state index in [9.17, 15) is 0 Å². The minimum Gasteiger partial charge on any atom is -0.428 e. The van der Waals surface area contributed by atoms with Crippen molar-refractivity contribution in [2.24, 2.45) is 0 Å². The third-order valence-electron chi connectivity index (χ3n) is 2.81. The fourth-order valence-corrected chi connectivity index (χ4v) is 1.95. The molecule has 86 valence electrons. The van der Waals surface area contributed by atoms with E-state index in [-0.39, 0.29) is 0 Å². The minimum atomic E-state index is 0.591. The molecule has 0 fully saturated rings. The van der Waals surface area contributed by atoms with Crippen LogP contribution in [0.1, 0.15) is 18.5 Å². The number of hydrogen-bond acceptors (Lipinski definition) is 3. The number of rotatable bonds is 2. The molecule has 1 aromatic carbocycles. The van der Waals surface area contributed by atoms with Gasteiger partial charge in [0.1, 0.15) is 11.6 Å². The summed E-state index contributed by atoms with van der Waals surface area (Å²) in [6, 6.07) is 8.57. The lowest BCUT2D eigenvalue weighted by Crippen LogP contribution is -1.96. The molecule has 17 heavy (non-hydrogen) atoms. The standard InChI is InChI=1S/C13H13N3O/c1-3-10-8-14-13(17-10)16-9(2)15-11-6-4-5-7-12(11)16/h4-8H,3H2,1-2H3. The Morgan fingerprint density at radius 1 is 1.29 bits per heavy atom. The van der Waals surface area contributed by atoms with Gasteiger partial charge in [0.2, 0.25) is 0 Å². The largest absolute Gasteiger partial charge is 0.428 e. The second kappa shape index (κ2) is 3.73. The summed E-state index contributed by atoms with van der Waals surface area (Å²) >= 11 is 0. The zero-order chi connectivity index (χ0) is 11.8. The highest BCUT2D eigenvalue weighted by Crippen LogP contribution is 2.20. The van der Waals surface area contributed by atoms with Crippen molar-refractivity contribution >= 4 is 11.0 Å². The lowest BCUT2D eigenvalue weighted by Gasteiger charge is -2.00. The second-order valence-electron chi connectivity index (χ2n) is 3.95. The van der Waals surface area contributed by atoms with Gasteiger partial charge in [-0.1, -0.05) is 19.1 Å². The Kier molecular flexibility index (Phi) is 2.21. The molecule has 0 bridgehead atoms. The highest BCUT2D eigenvalue weighted by molar-refractivity contribution is 5.77. The van der Waals surface area contributed by atoms with Gasteiger partial charge in [-0.2, -0.15) is 0 Å². The number of nitrogens with zero attached hydrogens (tertiary/aromatic N) is 3. The molecule has 0 atom stereocenters. The number of aryl methyl sites for hydroxylation is 2. The van der Waals surface area contributed by atoms with Gasteiger partial charge in [0.15, 0.2) is 0 Å². The lowest BCUT2D eigenvalue weighted by molar-refractivity contribution is 0.487. The van der Waals surface area contributed by atoms with E-state index in [1.54, 1.807) is 6.20 Å². The molecule has 2 heterocycles. The molecule has 0 amide bonds. The first kappa shape index (κ1) is 10.1. The Morgan fingerprint density at radius 2 is 2.12 bits per heavy atom. The molecule has 0 aliphatic rings. The molecule has 3 rings (SSSR count). The van der Waals surface area contributed by atoms with Crippen LogP contribution in [0.2, 0.25) is 0 Å². The van der Waals surface area contributed by atoms with E-state index in [1.165, 1.54) is 0 Å². The van der Waals surface area contributed by atoms with E-state index >= 15 is 0 Å². The molecule has 4 heteroatoms. The van der Waals surface area contributed by atoms with Crippen LogP contribution >= 0.6 is 0 Å². The number of imidazole rings is 1. The van der Waals surface area contributed by atoms with Gasteiger partial charge in [0.25, 0.3) is 0 Å². The van der Waals surface area contributed by atoms with Gasteiger partial charge < -0.3 is 4.42 Å². The normalized spacial score (nSPS) is 11.2. The van der Waals surface area contributed by atoms with Crippen LogP contribution in [0.3, 0.4) is 0 Å². The van der Waals surface area contributed by atoms with Crippen LogP contribution in [0.25, 0.3) is 17.0 Å². The number of aromatic nitrogens is 3. The Morgan fingerprint density at radius 3 is 2.88 bits per heavy atom. The second-order valence-corrected chi connectivity index (χ2v) is 3.95. The molecule has 0 saturated heterocycles. The Bertz CT molecular complexity index is 666. The molecule has 0 saturated carbocycles. The van der Waals surface area contributed by atoms with Gasteiger partial charge in [-0.05, 0) is 19.1 Å². The Balaban J connectivity index is 2.25. The Labute approximate surface area is 98.9 Å². The topological polar surface area (TPSA) is 43.9 Å². The zero-order valence-corrected chi connectivity index (χ0v) is 9.84. The van der Waals surface area contributed by atoms with Crippen molar-refractivity contribution in [1.82, 2.24) is 14.5 Å². The van der Waals surface area contributed by atoms with Crippen molar-refractivity contribution in [3.8, 4) is 6.01 Å². The summed E-state index contributed by atoms with van der Waals surface area (Å²) in [4.78, 5) is 8.78. The van der Waals surface area contributed by atoms with Gasteiger partial charge >= 0.3 is 6.01 Å². The zero-order valence-electron chi connectivity index (χ0n) is 9.84. The van der Waals surface area contributed by atoms with Gasteiger partial charge in [0, 0.05) is 6.42 Å². The molecule has 3 aromatic rings. The quantitative estimate of drug-likeness (QED) is 0.676. The van der Waals surface area contributed by atoms with Crippen LogP contribution in [0.4, 0.5) is 0 Å². The van der Waals surface area contributed by atoms with Gasteiger partial charge in [0.05, 0.1) is 17.2 Å². The Hall–Kier alpha value is -2.10. The van der Waals surface area contributed by atoms with Crippen LogP contribution in [-0.2, 0) is 6.42 Å². The number of fused-ring (bicyclic) bond motifs is 1. The molecule has 0 spiro atoms. The molecule has 2 aromatic heterocycles. The maximum atomic E-state index is 5.68. The minimum absolute atomic E-state index is 0.591. The van der Waals surface area contributed by atoms with E-state index < -0.39 is 0 Å². The molecular formula is C13H13N3O. The average Bonchev–Trinajstić information content (AvgIpc) is 2.91. The van der Waals surface area contributed by atoms with Crippen molar-refractivity contribution in [2.75, 3.05) is 0 Å². The maximum absolute atomic E-state index is 5.68. The summed E-state index contributed by atoms with van der Waals surface area (Å²) in [5.74, 6) is 1.77. The summed E-state index contributed by atoms with van der Waals surface area (Å²) in [6.45, 7) is 4.00. The molecule has 4 nitrogen and oxygen atoms in total. The van der Waals surface area contributed by atoms with Crippen molar-refractivity contribution < 1.29 is 4.42 Å². The van der Waals surface area contributed by atoms with E-state index in [0.29, 0.717) is 6.01 Å². The highest BCUT2D eigenvalue weighted by atomic mass is 16.4. The van der Waals surface area contributed by atoms with Crippen LogP contribution in [0.5, 0.6) is 0 Å². The fourth-order valence-electron chi connectivity index (χ4n) is 1.95.